The zero-order valence-electron chi connectivity index (χ0n) is 20.5. The number of halogens is 6. The molecule has 2 aliphatic rings. The van der Waals surface area contributed by atoms with E-state index in [0.717, 1.165) is 30.3 Å². The van der Waals surface area contributed by atoms with Crippen molar-refractivity contribution in [2.75, 3.05) is 32.4 Å². The number of nitrogens with zero attached hydrogens (tertiary/aromatic N) is 2. The maximum absolute atomic E-state index is 13.3. The first-order valence-corrected chi connectivity index (χ1v) is 13.5. The summed E-state index contributed by atoms with van der Waals surface area (Å²) in [6.07, 6.45) is -10.5. The zero-order chi connectivity index (χ0) is 27.6. The van der Waals surface area contributed by atoms with Crippen LogP contribution in [-0.4, -0.2) is 67.5 Å². The molecule has 5 nitrogen and oxygen atoms in total. The summed E-state index contributed by atoms with van der Waals surface area (Å²) in [6.45, 7) is 6.69. The standard InChI is InChI=1S/C25H28F6N2O3S/c1-4-18-10-19(23(34,24(26,27)28)25(29,30)31)6-8-21(18)20-7-5-17(9-16(20)2)11-32-12-22(13-32)14-33(15-22)37(3,35)36/h5-10,34H,4,11-15H2,1-3H3. The van der Waals surface area contributed by atoms with E-state index in [1.54, 1.807) is 13.0 Å². The fraction of sp³-hybridized carbons (Fsp3) is 0.520. The third-order valence-corrected chi connectivity index (χ3v) is 8.52. The molecule has 2 fully saturated rings. The summed E-state index contributed by atoms with van der Waals surface area (Å²) in [4.78, 5) is 2.20. The van der Waals surface area contributed by atoms with Crippen LogP contribution in [0.1, 0.15) is 29.2 Å². The van der Waals surface area contributed by atoms with Gasteiger partial charge in [0.1, 0.15) is 0 Å². The molecule has 12 heteroatoms. The van der Waals surface area contributed by atoms with Crippen molar-refractivity contribution in [1.82, 2.24) is 9.21 Å². The Morgan fingerprint density at radius 2 is 1.49 bits per heavy atom. The second-order valence-electron chi connectivity index (χ2n) is 10.3. The SMILES string of the molecule is CCc1cc(C(O)(C(F)(F)F)C(F)(F)F)ccc1-c1ccc(CN2CC3(C2)CN(S(C)(=O)=O)C3)cc1C. The first-order chi connectivity index (χ1) is 16.9. The predicted molar refractivity (Wildman–Crippen MR) is 126 cm³/mol. The van der Waals surface area contributed by atoms with E-state index in [1.807, 2.05) is 19.1 Å². The molecule has 0 radical (unpaired) electrons. The van der Waals surface area contributed by atoms with Crippen molar-refractivity contribution in [3.63, 3.8) is 0 Å². The van der Waals surface area contributed by atoms with Gasteiger partial charge in [-0.05, 0) is 41.2 Å². The third-order valence-electron chi connectivity index (χ3n) is 7.32. The van der Waals surface area contributed by atoms with Crippen molar-refractivity contribution >= 4 is 10.0 Å². The van der Waals surface area contributed by atoms with Crippen LogP contribution in [0.15, 0.2) is 36.4 Å². The lowest BCUT2D eigenvalue weighted by molar-refractivity contribution is -0.376. The highest BCUT2D eigenvalue weighted by Gasteiger charge is 2.71. The summed E-state index contributed by atoms with van der Waals surface area (Å²) in [7, 11) is -3.17. The molecule has 0 bridgehead atoms. The Labute approximate surface area is 211 Å². The molecular formula is C25H28F6N2O3S. The molecule has 37 heavy (non-hydrogen) atoms. The van der Waals surface area contributed by atoms with Crippen molar-refractivity contribution in [3.8, 4) is 11.1 Å². The summed E-state index contributed by atoms with van der Waals surface area (Å²) < 4.78 is 105. The van der Waals surface area contributed by atoms with E-state index in [2.05, 4.69) is 4.90 Å². The maximum Gasteiger partial charge on any atom is 0.430 e. The number of hydrogen-bond donors (Lipinski definition) is 1. The highest BCUT2D eigenvalue weighted by Crippen LogP contribution is 2.50. The fourth-order valence-electron chi connectivity index (χ4n) is 5.40. The van der Waals surface area contributed by atoms with Crippen molar-refractivity contribution in [2.45, 2.75) is 44.8 Å². The van der Waals surface area contributed by atoms with Crippen LogP contribution in [0.25, 0.3) is 11.1 Å². The van der Waals surface area contributed by atoms with Crippen LogP contribution in [-0.2, 0) is 28.6 Å². The van der Waals surface area contributed by atoms with Gasteiger partial charge < -0.3 is 5.11 Å². The summed E-state index contributed by atoms with van der Waals surface area (Å²) in [5.74, 6) is 0. The molecule has 0 atom stereocenters. The molecule has 2 aromatic rings. The second kappa shape index (κ2) is 8.96. The Balaban J connectivity index is 1.52. The zero-order valence-corrected chi connectivity index (χ0v) is 21.4. The quantitative estimate of drug-likeness (QED) is 0.534. The highest BCUT2D eigenvalue weighted by atomic mass is 32.2. The Morgan fingerprint density at radius 3 is 1.97 bits per heavy atom. The highest BCUT2D eigenvalue weighted by molar-refractivity contribution is 7.88. The Kier molecular flexibility index (Phi) is 6.75. The number of sulfonamides is 1. The Bertz CT molecular complexity index is 1280. The summed E-state index contributed by atoms with van der Waals surface area (Å²) in [5, 5.41) is 9.77. The van der Waals surface area contributed by atoms with Gasteiger partial charge in [0.15, 0.2) is 0 Å². The van der Waals surface area contributed by atoms with Crippen molar-refractivity contribution in [1.29, 1.82) is 0 Å². The summed E-state index contributed by atoms with van der Waals surface area (Å²) >= 11 is 0. The van der Waals surface area contributed by atoms with Crippen LogP contribution in [0.5, 0.6) is 0 Å². The van der Waals surface area contributed by atoms with Crippen LogP contribution >= 0.6 is 0 Å². The van der Waals surface area contributed by atoms with E-state index in [-0.39, 0.29) is 17.4 Å². The van der Waals surface area contributed by atoms with E-state index in [9.17, 15) is 39.9 Å². The van der Waals surface area contributed by atoms with Gasteiger partial charge in [-0.1, -0.05) is 43.3 Å². The molecule has 1 N–H and O–H groups in total. The average Bonchev–Trinajstić information content (AvgIpc) is 2.71. The Morgan fingerprint density at radius 1 is 0.919 bits per heavy atom. The van der Waals surface area contributed by atoms with Gasteiger partial charge in [-0.2, -0.15) is 26.3 Å². The van der Waals surface area contributed by atoms with Gasteiger partial charge in [0.2, 0.25) is 10.0 Å². The van der Waals surface area contributed by atoms with Crippen molar-refractivity contribution < 1.29 is 39.9 Å². The van der Waals surface area contributed by atoms with E-state index in [0.29, 0.717) is 36.8 Å². The molecule has 0 aliphatic carbocycles. The summed E-state index contributed by atoms with van der Waals surface area (Å²) in [5.41, 5.74) is -2.99. The number of benzene rings is 2. The lowest BCUT2D eigenvalue weighted by atomic mass is 9.74. The molecule has 0 aromatic heterocycles. The topological polar surface area (TPSA) is 60.9 Å². The molecule has 2 saturated heterocycles. The van der Waals surface area contributed by atoms with E-state index >= 15 is 0 Å². The Hall–Kier alpha value is -2.15. The number of rotatable bonds is 6. The second-order valence-corrected chi connectivity index (χ2v) is 12.2. The molecule has 0 unspecified atom stereocenters. The molecule has 2 aromatic carbocycles. The van der Waals surface area contributed by atoms with Crippen molar-refractivity contribution in [3.05, 3.63) is 58.7 Å². The van der Waals surface area contributed by atoms with Gasteiger partial charge in [0.25, 0.3) is 5.60 Å². The number of likely N-dealkylation sites (tertiary alicyclic amines) is 1. The van der Waals surface area contributed by atoms with Gasteiger partial charge in [0.05, 0.1) is 6.26 Å². The maximum atomic E-state index is 13.3. The number of hydrogen-bond acceptors (Lipinski definition) is 4. The summed E-state index contributed by atoms with van der Waals surface area (Å²) in [6, 6.07) is 8.25. The van der Waals surface area contributed by atoms with Gasteiger partial charge in [-0.15, -0.1) is 0 Å². The lowest BCUT2D eigenvalue weighted by Crippen LogP contribution is -2.72. The molecule has 2 heterocycles. The van der Waals surface area contributed by atoms with Crippen LogP contribution in [0.2, 0.25) is 0 Å². The molecule has 4 rings (SSSR count). The van der Waals surface area contributed by atoms with E-state index in [4.69, 9.17) is 0 Å². The predicted octanol–water partition coefficient (Wildman–Crippen LogP) is 4.61. The monoisotopic (exact) mass is 550 g/mol. The van der Waals surface area contributed by atoms with Crippen LogP contribution in [0.3, 0.4) is 0 Å². The minimum Gasteiger partial charge on any atom is -0.369 e. The lowest BCUT2D eigenvalue weighted by Gasteiger charge is -2.59. The average molecular weight is 551 g/mol. The molecule has 2 aliphatic heterocycles. The van der Waals surface area contributed by atoms with Crippen molar-refractivity contribution in [2.24, 2.45) is 5.41 Å². The van der Waals surface area contributed by atoms with Crippen LogP contribution < -0.4 is 0 Å². The largest absolute Gasteiger partial charge is 0.430 e. The molecule has 204 valence electrons. The van der Waals surface area contributed by atoms with Gasteiger partial charge in [-0.3, -0.25) is 4.90 Å². The van der Waals surface area contributed by atoms with Gasteiger partial charge in [0, 0.05) is 43.7 Å². The minimum atomic E-state index is -5.94. The van der Waals surface area contributed by atoms with Gasteiger partial charge >= 0.3 is 12.4 Å². The molecule has 0 amide bonds. The molecule has 1 spiro atoms. The van der Waals surface area contributed by atoms with E-state index < -0.39 is 33.5 Å². The fourth-order valence-corrected chi connectivity index (χ4v) is 6.41. The first kappa shape index (κ1) is 27.9. The third kappa shape index (κ3) is 4.88. The molecule has 0 saturated carbocycles. The van der Waals surface area contributed by atoms with Gasteiger partial charge in [-0.25, -0.2) is 12.7 Å². The number of alkyl halides is 6. The van der Waals surface area contributed by atoms with Crippen LogP contribution in [0, 0.1) is 12.3 Å². The first-order valence-electron chi connectivity index (χ1n) is 11.7. The number of aryl methyl sites for hydroxylation is 2. The molecular weight excluding hydrogens is 522 g/mol. The normalized spacial score (nSPS) is 19.1. The number of aliphatic hydroxyl groups is 1. The van der Waals surface area contributed by atoms with E-state index in [1.165, 1.54) is 16.6 Å². The smallest absolute Gasteiger partial charge is 0.369 e. The van der Waals surface area contributed by atoms with Crippen LogP contribution in [0.4, 0.5) is 26.3 Å². The minimum absolute atomic E-state index is 0.00456.